The van der Waals surface area contributed by atoms with E-state index in [0.717, 1.165) is 17.0 Å². The lowest BCUT2D eigenvalue weighted by atomic mass is 10.0. The first kappa shape index (κ1) is 16.2. The van der Waals surface area contributed by atoms with Gasteiger partial charge in [-0.05, 0) is 29.0 Å². The van der Waals surface area contributed by atoms with Crippen molar-refractivity contribution in [2.75, 3.05) is 0 Å². The van der Waals surface area contributed by atoms with Crippen LogP contribution < -0.4 is 4.83 Å². The average molecular weight is 362 g/mol. The standard InChI is InChI=1S/C16H12ClN3O3S/c17-16-8-6-12(9-18-16)24(22,23)20-19-10-14-13-4-2-1-3-11(13)5-7-15(14)21/h1-10,20-21H/b19-10+. The molecule has 0 bridgehead atoms. The van der Waals surface area contributed by atoms with Crippen LogP contribution in [0.2, 0.25) is 5.15 Å². The number of hydrogen-bond acceptors (Lipinski definition) is 5. The predicted octanol–water partition coefficient (Wildman–Crippen LogP) is 2.91. The molecule has 122 valence electrons. The zero-order valence-electron chi connectivity index (χ0n) is 12.2. The summed E-state index contributed by atoms with van der Waals surface area (Å²) < 4.78 is 24.2. The average Bonchev–Trinajstić information content (AvgIpc) is 2.57. The molecule has 0 fully saturated rings. The molecule has 0 aliphatic heterocycles. The number of halogens is 1. The fraction of sp³-hybridized carbons (Fsp3) is 0. The van der Waals surface area contributed by atoms with Crippen molar-refractivity contribution in [2.24, 2.45) is 5.10 Å². The van der Waals surface area contributed by atoms with Gasteiger partial charge in [0, 0.05) is 11.8 Å². The molecular weight excluding hydrogens is 350 g/mol. The Morgan fingerprint density at radius 3 is 2.67 bits per heavy atom. The Labute approximate surface area is 143 Å². The van der Waals surface area contributed by atoms with Gasteiger partial charge in [0.1, 0.15) is 15.8 Å². The van der Waals surface area contributed by atoms with Gasteiger partial charge in [0.25, 0.3) is 10.0 Å². The smallest absolute Gasteiger partial charge is 0.278 e. The van der Waals surface area contributed by atoms with E-state index in [2.05, 4.69) is 14.9 Å². The van der Waals surface area contributed by atoms with Crippen LogP contribution in [0.15, 0.2) is 64.7 Å². The first-order chi connectivity index (χ1) is 11.5. The van der Waals surface area contributed by atoms with Gasteiger partial charge in [-0.3, -0.25) is 0 Å². The maximum Gasteiger partial charge on any atom is 0.278 e. The topological polar surface area (TPSA) is 91.7 Å². The van der Waals surface area contributed by atoms with Crippen molar-refractivity contribution in [2.45, 2.75) is 4.90 Å². The fourth-order valence-electron chi connectivity index (χ4n) is 2.15. The molecule has 24 heavy (non-hydrogen) atoms. The maximum absolute atomic E-state index is 12.1. The molecule has 1 heterocycles. The second-order valence-electron chi connectivity index (χ2n) is 4.89. The van der Waals surface area contributed by atoms with E-state index in [1.165, 1.54) is 24.4 Å². The van der Waals surface area contributed by atoms with Crippen molar-refractivity contribution >= 4 is 38.6 Å². The van der Waals surface area contributed by atoms with Crippen LogP contribution in [-0.2, 0) is 10.0 Å². The number of benzene rings is 2. The van der Waals surface area contributed by atoms with E-state index in [9.17, 15) is 13.5 Å². The van der Waals surface area contributed by atoms with Gasteiger partial charge in [0.15, 0.2) is 0 Å². The summed E-state index contributed by atoms with van der Waals surface area (Å²) in [6, 6.07) is 13.4. The number of hydrazone groups is 1. The van der Waals surface area contributed by atoms with Crippen LogP contribution >= 0.6 is 11.6 Å². The molecule has 2 N–H and O–H groups in total. The Bertz CT molecular complexity index is 1020. The summed E-state index contributed by atoms with van der Waals surface area (Å²) in [5.41, 5.74) is 0.421. The van der Waals surface area contributed by atoms with Crippen molar-refractivity contribution in [1.29, 1.82) is 0 Å². The van der Waals surface area contributed by atoms with Crippen LogP contribution in [0.3, 0.4) is 0 Å². The predicted molar refractivity (Wildman–Crippen MR) is 92.8 cm³/mol. The summed E-state index contributed by atoms with van der Waals surface area (Å²) in [5, 5.41) is 15.6. The molecule has 3 rings (SSSR count). The van der Waals surface area contributed by atoms with E-state index in [1.54, 1.807) is 6.07 Å². The van der Waals surface area contributed by atoms with E-state index in [1.807, 2.05) is 24.3 Å². The highest BCUT2D eigenvalue weighted by atomic mass is 35.5. The molecule has 1 aromatic heterocycles. The molecule has 0 radical (unpaired) electrons. The second-order valence-corrected chi connectivity index (χ2v) is 6.94. The fourth-order valence-corrected chi connectivity index (χ4v) is 3.00. The zero-order valence-corrected chi connectivity index (χ0v) is 13.8. The van der Waals surface area contributed by atoms with Gasteiger partial charge in [0.05, 0.1) is 6.21 Å². The third-order valence-electron chi connectivity index (χ3n) is 3.32. The molecule has 0 aliphatic rings. The van der Waals surface area contributed by atoms with Crippen LogP contribution in [0.4, 0.5) is 0 Å². The minimum Gasteiger partial charge on any atom is -0.507 e. The number of rotatable bonds is 4. The summed E-state index contributed by atoms with van der Waals surface area (Å²) in [6.07, 6.45) is 2.40. The van der Waals surface area contributed by atoms with Gasteiger partial charge in [-0.1, -0.05) is 41.9 Å². The number of nitrogens with zero attached hydrogens (tertiary/aromatic N) is 2. The number of nitrogens with one attached hydrogen (secondary N) is 1. The quantitative estimate of drug-likeness (QED) is 0.424. The van der Waals surface area contributed by atoms with Crippen molar-refractivity contribution in [3.8, 4) is 5.75 Å². The van der Waals surface area contributed by atoms with Gasteiger partial charge in [-0.2, -0.15) is 13.5 Å². The Balaban J connectivity index is 1.89. The summed E-state index contributed by atoms with van der Waals surface area (Å²) in [5.74, 6) is 0.00445. The highest BCUT2D eigenvalue weighted by molar-refractivity contribution is 7.89. The van der Waals surface area contributed by atoms with Gasteiger partial charge < -0.3 is 5.11 Å². The monoisotopic (exact) mass is 361 g/mol. The maximum atomic E-state index is 12.1. The number of aromatic nitrogens is 1. The summed E-state index contributed by atoms with van der Waals surface area (Å²) in [6.45, 7) is 0. The Hall–Kier alpha value is -2.64. The number of pyridine rings is 1. The Kier molecular flexibility index (Phi) is 4.37. The number of phenols is 1. The van der Waals surface area contributed by atoms with Crippen LogP contribution in [0.1, 0.15) is 5.56 Å². The van der Waals surface area contributed by atoms with E-state index in [0.29, 0.717) is 5.56 Å². The molecule has 0 saturated heterocycles. The molecule has 0 spiro atoms. The van der Waals surface area contributed by atoms with E-state index < -0.39 is 10.0 Å². The van der Waals surface area contributed by atoms with Gasteiger partial charge in [0.2, 0.25) is 0 Å². The summed E-state index contributed by atoms with van der Waals surface area (Å²) in [4.78, 5) is 5.74. The van der Waals surface area contributed by atoms with Gasteiger partial charge in [-0.25, -0.2) is 9.82 Å². The van der Waals surface area contributed by atoms with E-state index in [4.69, 9.17) is 11.6 Å². The Morgan fingerprint density at radius 1 is 1.12 bits per heavy atom. The number of fused-ring (bicyclic) bond motifs is 1. The normalized spacial score (nSPS) is 11.9. The third kappa shape index (κ3) is 3.32. The molecule has 2 aromatic carbocycles. The van der Waals surface area contributed by atoms with Crippen LogP contribution in [0.25, 0.3) is 10.8 Å². The van der Waals surface area contributed by atoms with Crippen molar-refractivity contribution in [1.82, 2.24) is 9.82 Å². The second kappa shape index (κ2) is 6.46. The number of hydrogen-bond donors (Lipinski definition) is 2. The van der Waals surface area contributed by atoms with Crippen molar-refractivity contribution in [3.63, 3.8) is 0 Å². The molecule has 0 amide bonds. The lowest BCUT2D eigenvalue weighted by molar-refractivity contribution is 0.475. The molecule has 8 heteroatoms. The summed E-state index contributed by atoms with van der Waals surface area (Å²) >= 11 is 5.64. The third-order valence-corrected chi connectivity index (χ3v) is 4.76. The minimum absolute atomic E-state index is 0.00445. The lowest BCUT2D eigenvalue weighted by Gasteiger charge is -2.05. The first-order valence-electron chi connectivity index (χ1n) is 6.84. The first-order valence-corrected chi connectivity index (χ1v) is 8.70. The molecular formula is C16H12ClN3O3S. The molecule has 0 atom stereocenters. The van der Waals surface area contributed by atoms with E-state index in [-0.39, 0.29) is 15.8 Å². The van der Waals surface area contributed by atoms with Crippen LogP contribution in [-0.4, -0.2) is 24.7 Å². The van der Waals surface area contributed by atoms with Crippen molar-refractivity contribution in [3.05, 3.63) is 65.4 Å². The molecule has 0 aliphatic carbocycles. The highest BCUT2D eigenvalue weighted by Gasteiger charge is 2.13. The highest BCUT2D eigenvalue weighted by Crippen LogP contribution is 2.25. The Morgan fingerprint density at radius 2 is 1.92 bits per heavy atom. The molecule has 3 aromatic rings. The molecule has 0 saturated carbocycles. The largest absolute Gasteiger partial charge is 0.507 e. The van der Waals surface area contributed by atoms with Crippen molar-refractivity contribution < 1.29 is 13.5 Å². The van der Waals surface area contributed by atoms with Gasteiger partial charge >= 0.3 is 0 Å². The molecule has 0 unspecified atom stereocenters. The molecule has 6 nitrogen and oxygen atoms in total. The minimum atomic E-state index is -3.86. The lowest BCUT2D eigenvalue weighted by Crippen LogP contribution is -2.18. The van der Waals surface area contributed by atoms with Gasteiger partial charge in [-0.15, -0.1) is 0 Å². The van der Waals surface area contributed by atoms with E-state index >= 15 is 0 Å². The van der Waals surface area contributed by atoms with Crippen LogP contribution in [0, 0.1) is 0 Å². The number of phenolic OH excluding ortho intramolecular Hbond substituents is 1. The van der Waals surface area contributed by atoms with Crippen LogP contribution in [0.5, 0.6) is 5.75 Å². The zero-order chi connectivity index (χ0) is 17.2. The summed E-state index contributed by atoms with van der Waals surface area (Å²) in [7, 11) is -3.86. The number of sulfonamides is 1. The number of aromatic hydroxyl groups is 1. The SMILES string of the molecule is O=S(=O)(N/N=C/c1c(O)ccc2ccccc12)c1ccc(Cl)nc1.